The van der Waals surface area contributed by atoms with Gasteiger partial charge in [-0.1, -0.05) is 23.7 Å². The molecule has 1 aromatic heterocycles. The second-order valence-corrected chi connectivity index (χ2v) is 5.97. The molecule has 4 nitrogen and oxygen atoms in total. The standard InChI is InChI=1S/C20H20ClNO3.ClH/c1-23-16-6-3-14(4-7-16)12-22-13-17-8-10-19(25-17)15-5-9-20(24-2)18(21)11-15;/h3-11,22H,12-13H2,1-2H3;1H. The van der Waals surface area contributed by atoms with Gasteiger partial charge in [0, 0.05) is 12.1 Å². The van der Waals surface area contributed by atoms with Crippen LogP contribution >= 0.6 is 24.0 Å². The summed E-state index contributed by atoms with van der Waals surface area (Å²) in [4.78, 5) is 0. The van der Waals surface area contributed by atoms with Crippen molar-refractivity contribution < 1.29 is 13.9 Å². The highest BCUT2D eigenvalue weighted by Gasteiger charge is 2.08. The fraction of sp³-hybridized carbons (Fsp3) is 0.200. The van der Waals surface area contributed by atoms with Gasteiger partial charge in [-0.05, 0) is 48.0 Å². The quantitative estimate of drug-likeness (QED) is 0.588. The summed E-state index contributed by atoms with van der Waals surface area (Å²) in [6.07, 6.45) is 0. The predicted octanol–water partition coefficient (Wildman–Crippen LogP) is 5.33. The van der Waals surface area contributed by atoms with Crippen LogP contribution in [-0.4, -0.2) is 14.2 Å². The Morgan fingerprint density at radius 2 is 1.69 bits per heavy atom. The molecule has 0 saturated carbocycles. The second kappa shape index (κ2) is 9.53. The molecule has 0 saturated heterocycles. The maximum Gasteiger partial charge on any atom is 0.137 e. The van der Waals surface area contributed by atoms with Crippen LogP contribution in [0.1, 0.15) is 11.3 Å². The number of rotatable bonds is 7. The Hall–Kier alpha value is -2.14. The van der Waals surface area contributed by atoms with E-state index < -0.39 is 0 Å². The van der Waals surface area contributed by atoms with Crippen LogP contribution in [-0.2, 0) is 13.1 Å². The molecule has 0 spiro atoms. The number of benzene rings is 2. The van der Waals surface area contributed by atoms with Crippen molar-refractivity contribution in [3.05, 3.63) is 70.9 Å². The van der Waals surface area contributed by atoms with Crippen molar-refractivity contribution in [1.29, 1.82) is 0 Å². The number of hydrogen-bond acceptors (Lipinski definition) is 4. The molecule has 1 N–H and O–H groups in total. The molecule has 0 radical (unpaired) electrons. The van der Waals surface area contributed by atoms with Gasteiger partial charge in [-0.3, -0.25) is 0 Å². The smallest absolute Gasteiger partial charge is 0.137 e. The van der Waals surface area contributed by atoms with E-state index in [1.807, 2.05) is 54.6 Å². The summed E-state index contributed by atoms with van der Waals surface area (Å²) in [7, 11) is 3.26. The first-order chi connectivity index (χ1) is 12.2. The highest BCUT2D eigenvalue weighted by molar-refractivity contribution is 6.32. The largest absolute Gasteiger partial charge is 0.497 e. The summed E-state index contributed by atoms with van der Waals surface area (Å²) in [5.74, 6) is 3.16. The van der Waals surface area contributed by atoms with Gasteiger partial charge in [-0.25, -0.2) is 0 Å². The molecule has 138 valence electrons. The number of nitrogens with one attached hydrogen (secondary N) is 1. The van der Waals surface area contributed by atoms with Gasteiger partial charge in [-0.2, -0.15) is 0 Å². The lowest BCUT2D eigenvalue weighted by molar-refractivity contribution is 0.414. The molecule has 0 atom stereocenters. The van der Waals surface area contributed by atoms with Gasteiger partial charge < -0.3 is 19.2 Å². The van der Waals surface area contributed by atoms with Gasteiger partial charge in [-0.15, -0.1) is 12.4 Å². The first-order valence-electron chi connectivity index (χ1n) is 7.96. The van der Waals surface area contributed by atoms with Crippen LogP contribution in [0.15, 0.2) is 59.0 Å². The number of halogens is 2. The van der Waals surface area contributed by atoms with Crippen molar-refractivity contribution in [1.82, 2.24) is 5.32 Å². The maximum atomic E-state index is 6.17. The summed E-state index contributed by atoms with van der Waals surface area (Å²) in [6.45, 7) is 1.41. The van der Waals surface area contributed by atoms with E-state index in [2.05, 4.69) is 5.32 Å². The lowest BCUT2D eigenvalue weighted by atomic mass is 10.2. The van der Waals surface area contributed by atoms with E-state index in [4.69, 9.17) is 25.5 Å². The molecular weight excluding hydrogens is 373 g/mol. The normalized spacial score (nSPS) is 10.3. The summed E-state index contributed by atoms with van der Waals surface area (Å²) in [6, 6.07) is 17.5. The summed E-state index contributed by atoms with van der Waals surface area (Å²) < 4.78 is 16.2. The van der Waals surface area contributed by atoms with Gasteiger partial charge in [0.25, 0.3) is 0 Å². The molecule has 3 rings (SSSR count). The van der Waals surface area contributed by atoms with Crippen molar-refractivity contribution >= 4 is 24.0 Å². The van der Waals surface area contributed by atoms with E-state index in [1.54, 1.807) is 14.2 Å². The highest BCUT2D eigenvalue weighted by Crippen LogP contribution is 2.31. The second-order valence-electron chi connectivity index (χ2n) is 5.57. The molecule has 26 heavy (non-hydrogen) atoms. The van der Waals surface area contributed by atoms with Crippen molar-refractivity contribution in [2.45, 2.75) is 13.1 Å². The van der Waals surface area contributed by atoms with Crippen LogP contribution in [0.3, 0.4) is 0 Å². The highest BCUT2D eigenvalue weighted by atomic mass is 35.5. The zero-order valence-electron chi connectivity index (χ0n) is 14.6. The van der Waals surface area contributed by atoms with E-state index in [0.717, 1.165) is 29.4 Å². The minimum Gasteiger partial charge on any atom is -0.497 e. The monoisotopic (exact) mass is 393 g/mol. The van der Waals surface area contributed by atoms with Crippen LogP contribution in [0.5, 0.6) is 11.5 Å². The van der Waals surface area contributed by atoms with Crippen molar-refractivity contribution in [3.8, 4) is 22.8 Å². The number of furan rings is 1. The van der Waals surface area contributed by atoms with Gasteiger partial charge >= 0.3 is 0 Å². The molecule has 0 bridgehead atoms. The molecule has 0 aliphatic rings. The summed E-state index contributed by atoms with van der Waals surface area (Å²) in [5, 5.41) is 3.93. The van der Waals surface area contributed by atoms with E-state index >= 15 is 0 Å². The third-order valence-corrected chi connectivity index (χ3v) is 4.18. The molecule has 0 fully saturated rings. The van der Waals surface area contributed by atoms with Gasteiger partial charge in [0.15, 0.2) is 0 Å². The maximum absolute atomic E-state index is 6.17. The van der Waals surface area contributed by atoms with Crippen molar-refractivity contribution in [2.75, 3.05) is 14.2 Å². The average molecular weight is 394 g/mol. The topological polar surface area (TPSA) is 43.6 Å². The summed E-state index contributed by atoms with van der Waals surface area (Å²) >= 11 is 6.17. The van der Waals surface area contributed by atoms with Gasteiger partial charge in [0.2, 0.25) is 0 Å². The van der Waals surface area contributed by atoms with E-state index in [9.17, 15) is 0 Å². The van der Waals surface area contributed by atoms with Crippen molar-refractivity contribution in [2.24, 2.45) is 0 Å². The zero-order chi connectivity index (χ0) is 17.6. The number of methoxy groups -OCH3 is 2. The third-order valence-electron chi connectivity index (χ3n) is 3.89. The lowest BCUT2D eigenvalue weighted by Gasteiger charge is -2.05. The summed E-state index contributed by atoms with van der Waals surface area (Å²) in [5.41, 5.74) is 2.11. The molecule has 3 aromatic rings. The van der Waals surface area contributed by atoms with Crippen LogP contribution in [0.25, 0.3) is 11.3 Å². The van der Waals surface area contributed by atoms with E-state index in [1.165, 1.54) is 5.56 Å². The predicted molar refractivity (Wildman–Crippen MR) is 106 cm³/mol. The molecule has 2 aromatic carbocycles. The molecule has 0 amide bonds. The molecule has 1 heterocycles. The Kier molecular flexibility index (Phi) is 7.39. The molecule has 0 aliphatic carbocycles. The fourth-order valence-corrected chi connectivity index (χ4v) is 2.78. The molecule has 0 aliphatic heterocycles. The minimum atomic E-state index is 0. The molecular formula is C20H21Cl2NO3. The average Bonchev–Trinajstić information content (AvgIpc) is 3.11. The lowest BCUT2D eigenvalue weighted by Crippen LogP contribution is -2.11. The zero-order valence-corrected chi connectivity index (χ0v) is 16.2. The third kappa shape index (κ3) is 4.94. The Morgan fingerprint density at radius 3 is 2.35 bits per heavy atom. The Labute approximate surface area is 164 Å². The minimum absolute atomic E-state index is 0. The Morgan fingerprint density at radius 1 is 0.923 bits per heavy atom. The van der Waals surface area contributed by atoms with E-state index in [0.29, 0.717) is 17.3 Å². The van der Waals surface area contributed by atoms with Crippen LogP contribution in [0.4, 0.5) is 0 Å². The van der Waals surface area contributed by atoms with Crippen LogP contribution in [0.2, 0.25) is 5.02 Å². The van der Waals surface area contributed by atoms with Gasteiger partial charge in [0.05, 0.1) is 25.8 Å². The van der Waals surface area contributed by atoms with Crippen molar-refractivity contribution in [3.63, 3.8) is 0 Å². The first kappa shape index (κ1) is 20.2. The van der Waals surface area contributed by atoms with E-state index in [-0.39, 0.29) is 12.4 Å². The SMILES string of the molecule is COc1ccc(CNCc2ccc(-c3ccc(OC)c(Cl)c3)o2)cc1.Cl. The first-order valence-corrected chi connectivity index (χ1v) is 8.33. The van der Waals surface area contributed by atoms with Crippen LogP contribution < -0.4 is 14.8 Å². The molecule has 0 unspecified atom stereocenters. The van der Waals surface area contributed by atoms with Crippen LogP contribution in [0, 0.1) is 0 Å². The number of ether oxygens (including phenoxy) is 2. The van der Waals surface area contributed by atoms with Gasteiger partial charge in [0.1, 0.15) is 23.0 Å². The molecule has 6 heteroatoms. The Balaban J connectivity index is 0.00000243. The Bertz CT molecular complexity index is 831. The number of hydrogen-bond donors (Lipinski definition) is 1. The fourth-order valence-electron chi connectivity index (χ4n) is 2.52.